The first kappa shape index (κ1) is 6.77. The van der Waals surface area contributed by atoms with Crippen LogP contribution in [0.3, 0.4) is 0 Å². The van der Waals surface area contributed by atoms with Gasteiger partial charge in [-0.25, -0.2) is 0 Å². The quantitative estimate of drug-likeness (QED) is 0.640. The van der Waals surface area contributed by atoms with Crippen LogP contribution < -0.4 is 0 Å². The number of aromatic nitrogens is 2. The third-order valence-corrected chi connectivity index (χ3v) is 2.10. The summed E-state index contributed by atoms with van der Waals surface area (Å²) in [6.07, 6.45) is 3.60. The number of rotatable bonds is 2. The zero-order chi connectivity index (χ0) is 7.68. The first-order chi connectivity index (χ1) is 5.40. The second-order valence-corrected chi connectivity index (χ2v) is 3.08. The van der Waals surface area contributed by atoms with Crippen LogP contribution in [0.15, 0.2) is 12.1 Å². The third kappa shape index (κ3) is 1.39. The maximum Gasteiger partial charge on any atom is 0.0662 e. The molecule has 11 heavy (non-hydrogen) atoms. The predicted octanol–water partition coefficient (Wildman–Crippen LogP) is 1.92. The summed E-state index contributed by atoms with van der Waals surface area (Å²) in [5, 5.41) is 8.27. The summed E-state index contributed by atoms with van der Waals surface area (Å²) in [5.74, 6) is 0.730. The van der Waals surface area contributed by atoms with E-state index in [4.69, 9.17) is 0 Å². The van der Waals surface area contributed by atoms with E-state index in [1.165, 1.54) is 18.5 Å². The fraction of sp³-hybridized carbons (Fsp3) is 0.556. The van der Waals surface area contributed by atoms with Gasteiger partial charge in [-0.3, -0.25) is 0 Å². The lowest BCUT2D eigenvalue weighted by Gasteiger charge is -1.96. The molecule has 0 atom stereocenters. The molecule has 0 aliphatic heterocycles. The Hall–Kier alpha value is -0.920. The first-order valence-electron chi connectivity index (χ1n) is 4.22. The molecule has 58 valence electrons. The minimum atomic E-state index is 0.730. The van der Waals surface area contributed by atoms with Crippen molar-refractivity contribution in [2.45, 2.75) is 32.1 Å². The van der Waals surface area contributed by atoms with Gasteiger partial charge in [0.1, 0.15) is 0 Å². The molecule has 0 bridgehead atoms. The van der Waals surface area contributed by atoms with E-state index in [1.807, 2.05) is 0 Å². The lowest BCUT2D eigenvalue weighted by Crippen LogP contribution is -1.93. The van der Waals surface area contributed by atoms with Gasteiger partial charge in [-0.05, 0) is 31.4 Å². The molecule has 1 aliphatic carbocycles. The van der Waals surface area contributed by atoms with Gasteiger partial charge in [0.25, 0.3) is 0 Å². The molecule has 0 unspecified atom stereocenters. The molecule has 0 spiro atoms. The van der Waals surface area contributed by atoms with Gasteiger partial charge < -0.3 is 0 Å². The molecule has 0 aromatic carbocycles. The van der Waals surface area contributed by atoms with E-state index in [1.54, 1.807) is 0 Å². The second kappa shape index (κ2) is 2.61. The molecule has 1 heterocycles. The van der Waals surface area contributed by atoms with Gasteiger partial charge in [0, 0.05) is 5.92 Å². The number of nitrogens with zero attached hydrogens (tertiary/aromatic N) is 2. The summed E-state index contributed by atoms with van der Waals surface area (Å²) < 4.78 is 0. The standard InChI is InChI=1S/C9H12N2/c1-2-8-5-6-9(11-10-8)7-3-4-7/h5-7H,2-4H2,1H3. The molecule has 0 saturated heterocycles. The Morgan fingerprint density at radius 3 is 2.64 bits per heavy atom. The molecule has 0 radical (unpaired) electrons. The van der Waals surface area contributed by atoms with Crippen LogP contribution in [0.25, 0.3) is 0 Å². The molecule has 1 saturated carbocycles. The second-order valence-electron chi connectivity index (χ2n) is 3.08. The molecule has 1 fully saturated rings. The largest absolute Gasteiger partial charge is 0.155 e. The highest BCUT2D eigenvalue weighted by Gasteiger charge is 2.24. The molecule has 0 amide bonds. The molecule has 1 aliphatic rings. The Kier molecular flexibility index (Phi) is 1.60. The van der Waals surface area contributed by atoms with E-state index < -0.39 is 0 Å². The van der Waals surface area contributed by atoms with Gasteiger partial charge in [-0.15, -0.1) is 0 Å². The van der Waals surface area contributed by atoms with Crippen LogP contribution in [-0.2, 0) is 6.42 Å². The van der Waals surface area contributed by atoms with Crippen LogP contribution in [0.5, 0.6) is 0 Å². The minimum absolute atomic E-state index is 0.730. The topological polar surface area (TPSA) is 25.8 Å². The monoisotopic (exact) mass is 148 g/mol. The minimum Gasteiger partial charge on any atom is -0.155 e. The highest BCUT2D eigenvalue weighted by molar-refractivity contribution is 5.15. The van der Waals surface area contributed by atoms with E-state index >= 15 is 0 Å². The van der Waals surface area contributed by atoms with Crippen molar-refractivity contribution in [1.29, 1.82) is 0 Å². The maximum atomic E-state index is 4.16. The summed E-state index contributed by atoms with van der Waals surface area (Å²) in [6.45, 7) is 2.10. The van der Waals surface area contributed by atoms with Crippen molar-refractivity contribution in [2.75, 3.05) is 0 Å². The van der Waals surface area contributed by atoms with Crippen molar-refractivity contribution in [1.82, 2.24) is 10.2 Å². The Labute approximate surface area is 66.7 Å². The van der Waals surface area contributed by atoms with Crippen LogP contribution in [0.2, 0.25) is 0 Å². The van der Waals surface area contributed by atoms with E-state index in [2.05, 4.69) is 29.3 Å². The van der Waals surface area contributed by atoms with Crippen LogP contribution in [0.4, 0.5) is 0 Å². The van der Waals surface area contributed by atoms with Gasteiger partial charge >= 0.3 is 0 Å². The number of aryl methyl sites for hydroxylation is 1. The van der Waals surface area contributed by atoms with E-state index in [9.17, 15) is 0 Å². The number of hydrogen-bond acceptors (Lipinski definition) is 2. The van der Waals surface area contributed by atoms with Crippen LogP contribution in [0, 0.1) is 0 Å². The van der Waals surface area contributed by atoms with Crippen molar-refractivity contribution in [2.24, 2.45) is 0 Å². The van der Waals surface area contributed by atoms with Crippen LogP contribution >= 0.6 is 0 Å². The van der Waals surface area contributed by atoms with Crippen molar-refractivity contribution in [3.05, 3.63) is 23.5 Å². The summed E-state index contributed by atoms with van der Waals surface area (Å²) in [7, 11) is 0. The molecule has 2 rings (SSSR count). The van der Waals surface area contributed by atoms with Crippen LogP contribution in [0.1, 0.15) is 37.1 Å². The molecular weight excluding hydrogens is 136 g/mol. The fourth-order valence-corrected chi connectivity index (χ4v) is 1.16. The summed E-state index contributed by atoms with van der Waals surface area (Å²) in [5.41, 5.74) is 2.27. The van der Waals surface area contributed by atoms with Gasteiger partial charge in [0.15, 0.2) is 0 Å². The van der Waals surface area contributed by atoms with E-state index in [-0.39, 0.29) is 0 Å². The molecular formula is C9H12N2. The van der Waals surface area contributed by atoms with Gasteiger partial charge in [0.2, 0.25) is 0 Å². The molecule has 0 N–H and O–H groups in total. The Balaban J connectivity index is 2.19. The summed E-state index contributed by atoms with van der Waals surface area (Å²) >= 11 is 0. The maximum absolute atomic E-state index is 4.16. The SMILES string of the molecule is CCc1ccc(C2CC2)nn1. The van der Waals surface area contributed by atoms with E-state index in [0.29, 0.717) is 0 Å². The van der Waals surface area contributed by atoms with E-state index in [0.717, 1.165) is 18.0 Å². The average Bonchev–Trinajstić information content (AvgIpc) is 2.87. The predicted molar refractivity (Wildman–Crippen MR) is 43.4 cm³/mol. The fourth-order valence-electron chi connectivity index (χ4n) is 1.16. The van der Waals surface area contributed by atoms with Gasteiger partial charge in [-0.2, -0.15) is 10.2 Å². The Morgan fingerprint density at radius 1 is 1.36 bits per heavy atom. The van der Waals surface area contributed by atoms with Crippen LogP contribution in [-0.4, -0.2) is 10.2 Å². The Morgan fingerprint density at radius 2 is 2.18 bits per heavy atom. The zero-order valence-electron chi connectivity index (χ0n) is 6.75. The number of hydrogen-bond donors (Lipinski definition) is 0. The van der Waals surface area contributed by atoms with Gasteiger partial charge in [0.05, 0.1) is 11.4 Å². The van der Waals surface area contributed by atoms with Crippen molar-refractivity contribution >= 4 is 0 Å². The third-order valence-electron chi connectivity index (χ3n) is 2.10. The average molecular weight is 148 g/mol. The lowest BCUT2D eigenvalue weighted by molar-refractivity contribution is 0.856. The summed E-state index contributed by atoms with van der Waals surface area (Å²) in [6, 6.07) is 4.20. The smallest absolute Gasteiger partial charge is 0.0662 e. The molecule has 2 nitrogen and oxygen atoms in total. The van der Waals surface area contributed by atoms with Crippen molar-refractivity contribution < 1.29 is 0 Å². The first-order valence-corrected chi connectivity index (χ1v) is 4.22. The Bertz CT molecular complexity index is 236. The van der Waals surface area contributed by atoms with Crippen molar-refractivity contribution in [3.63, 3.8) is 0 Å². The normalized spacial score (nSPS) is 16.8. The molecule has 1 aromatic heterocycles. The van der Waals surface area contributed by atoms with Gasteiger partial charge in [-0.1, -0.05) is 6.92 Å². The highest BCUT2D eigenvalue weighted by atomic mass is 15.1. The summed E-state index contributed by atoms with van der Waals surface area (Å²) in [4.78, 5) is 0. The molecule has 2 heteroatoms. The molecule has 1 aromatic rings. The highest BCUT2D eigenvalue weighted by Crippen LogP contribution is 2.38. The zero-order valence-corrected chi connectivity index (χ0v) is 6.75. The van der Waals surface area contributed by atoms with Crippen molar-refractivity contribution in [3.8, 4) is 0 Å². The lowest BCUT2D eigenvalue weighted by atomic mass is 10.2.